The van der Waals surface area contributed by atoms with E-state index in [0.29, 0.717) is 5.82 Å². The zero-order valence-electron chi connectivity index (χ0n) is 11.1. The highest BCUT2D eigenvalue weighted by Crippen LogP contribution is 2.24. The number of aromatic nitrogens is 2. The molecule has 7 heteroatoms. The first-order valence-corrected chi connectivity index (χ1v) is 6.13. The van der Waals surface area contributed by atoms with Crippen molar-refractivity contribution in [2.45, 2.75) is 25.3 Å². The number of imidazole rings is 1. The molecule has 0 aliphatic rings. The van der Waals surface area contributed by atoms with Crippen molar-refractivity contribution in [2.75, 3.05) is 6.54 Å². The largest absolute Gasteiger partial charge is 0.330 e. The average molecular weight is 289 g/mol. The van der Waals surface area contributed by atoms with Gasteiger partial charge in [-0.3, -0.25) is 0 Å². The van der Waals surface area contributed by atoms with Gasteiger partial charge < -0.3 is 9.88 Å². The second-order valence-electron chi connectivity index (χ2n) is 4.68. The van der Waals surface area contributed by atoms with Crippen molar-refractivity contribution in [1.29, 1.82) is 0 Å². The fourth-order valence-electron chi connectivity index (χ4n) is 2.01. The van der Waals surface area contributed by atoms with Crippen LogP contribution in [0.3, 0.4) is 0 Å². The van der Waals surface area contributed by atoms with E-state index >= 15 is 0 Å². The van der Waals surface area contributed by atoms with Crippen molar-refractivity contribution >= 4 is 11.0 Å². The van der Waals surface area contributed by atoms with Crippen LogP contribution in [-0.4, -0.2) is 28.4 Å². The Kier molecular flexibility index (Phi) is 3.99. The van der Waals surface area contributed by atoms with Gasteiger partial charge in [0.2, 0.25) is 0 Å². The van der Waals surface area contributed by atoms with Crippen LogP contribution in [-0.2, 0) is 7.05 Å². The van der Waals surface area contributed by atoms with Crippen molar-refractivity contribution in [3.63, 3.8) is 0 Å². The molecule has 0 radical (unpaired) electrons. The molecule has 2 aromatic rings. The summed E-state index contributed by atoms with van der Waals surface area (Å²) in [4.78, 5) is 4.33. The van der Waals surface area contributed by atoms with Crippen molar-refractivity contribution in [3.8, 4) is 0 Å². The first-order chi connectivity index (χ1) is 9.33. The number of rotatable bonds is 5. The van der Waals surface area contributed by atoms with Crippen LogP contribution in [0.5, 0.6) is 0 Å². The zero-order valence-corrected chi connectivity index (χ0v) is 11.1. The van der Waals surface area contributed by atoms with E-state index < -0.39 is 24.9 Å². The van der Waals surface area contributed by atoms with Gasteiger partial charge in [0.1, 0.15) is 5.82 Å². The minimum absolute atomic E-state index is 0.524. The minimum Gasteiger partial charge on any atom is -0.330 e. The van der Waals surface area contributed by atoms with E-state index in [2.05, 4.69) is 10.3 Å². The molecule has 0 saturated heterocycles. The van der Waals surface area contributed by atoms with E-state index in [9.17, 15) is 17.6 Å². The van der Waals surface area contributed by atoms with Crippen LogP contribution in [0.1, 0.15) is 18.8 Å². The molecule has 110 valence electrons. The van der Waals surface area contributed by atoms with Gasteiger partial charge in [-0.2, -0.15) is 8.78 Å². The van der Waals surface area contributed by atoms with Crippen LogP contribution >= 0.6 is 0 Å². The summed E-state index contributed by atoms with van der Waals surface area (Å²) in [6.07, 6.45) is -3.68. The summed E-state index contributed by atoms with van der Waals surface area (Å²) in [7, 11) is 1.76. The third-order valence-electron chi connectivity index (χ3n) is 3.17. The van der Waals surface area contributed by atoms with Gasteiger partial charge in [0.05, 0.1) is 23.6 Å². The molecule has 1 unspecified atom stereocenters. The summed E-state index contributed by atoms with van der Waals surface area (Å²) >= 11 is 0. The van der Waals surface area contributed by atoms with Gasteiger partial charge in [0, 0.05) is 7.05 Å². The molecule has 0 fully saturated rings. The molecule has 3 nitrogen and oxygen atoms in total. The highest BCUT2D eigenvalue weighted by atomic mass is 19.3. The maximum absolute atomic E-state index is 12.9. The zero-order chi connectivity index (χ0) is 14.9. The molecule has 0 saturated carbocycles. The van der Waals surface area contributed by atoms with Gasteiger partial charge in [-0.15, -0.1) is 0 Å². The number of halogens is 4. The highest BCUT2D eigenvalue weighted by molar-refractivity contribution is 5.75. The lowest BCUT2D eigenvalue weighted by Gasteiger charge is -2.19. The molecule has 0 spiro atoms. The Hall–Kier alpha value is -1.63. The van der Waals surface area contributed by atoms with Gasteiger partial charge in [-0.05, 0) is 19.1 Å². The molecule has 1 atom stereocenters. The molecule has 1 aromatic carbocycles. The number of hydrogen-bond acceptors (Lipinski definition) is 2. The maximum Gasteiger partial charge on any atom is 0.319 e. The van der Waals surface area contributed by atoms with Crippen LogP contribution in [0.15, 0.2) is 24.3 Å². The second-order valence-corrected chi connectivity index (χ2v) is 4.68. The summed E-state index contributed by atoms with van der Waals surface area (Å²) in [6.45, 7) is 0.526. The van der Waals surface area contributed by atoms with Gasteiger partial charge in [-0.25, -0.2) is 13.8 Å². The number of para-hydroxylation sites is 2. The molecular formula is C13H15F4N3. The van der Waals surface area contributed by atoms with Crippen molar-refractivity contribution in [1.82, 2.24) is 14.9 Å². The van der Waals surface area contributed by atoms with Crippen LogP contribution < -0.4 is 5.32 Å². The van der Waals surface area contributed by atoms with E-state index in [1.165, 1.54) is 0 Å². The van der Waals surface area contributed by atoms with Gasteiger partial charge in [0.25, 0.3) is 0 Å². The smallest absolute Gasteiger partial charge is 0.319 e. The molecule has 1 aromatic heterocycles. The molecule has 2 rings (SSSR count). The third kappa shape index (κ3) is 2.77. The predicted octanol–water partition coefficient (Wildman–Crippen LogP) is 3.12. The molecule has 20 heavy (non-hydrogen) atoms. The third-order valence-corrected chi connectivity index (χ3v) is 3.17. The van der Waals surface area contributed by atoms with E-state index in [4.69, 9.17) is 0 Å². The summed E-state index contributed by atoms with van der Waals surface area (Å²) in [5.41, 5.74) is 1.59. The van der Waals surface area contributed by atoms with E-state index in [0.717, 1.165) is 11.0 Å². The van der Waals surface area contributed by atoms with E-state index in [1.54, 1.807) is 24.6 Å². The number of aryl methyl sites for hydroxylation is 1. The Labute approximate surface area is 113 Å². The second kappa shape index (κ2) is 5.40. The monoisotopic (exact) mass is 289 g/mol. The summed E-state index contributed by atoms with van der Waals surface area (Å²) in [6, 6.07) is 6.77. The van der Waals surface area contributed by atoms with Crippen molar-refractivity contribution in [2.24, 2.45) is 7.05 Å². The van der Waals surface area contributed by atoms with Crippen LogP contribution in [0.2, 0.25) is 0 Å². The number of fused-ring (bicyclic) bond motifs is 1. The van der Waals surface area contributed by atoms with Crippen molar-refractivity contribution < 1.29 is 17.6 Å². The Bertz CT molecular complexity index is 594. The molecule has 0 amide bonds. The summed E-state index contributed by atoms with van der Waals surface area (Å²) < 4.78 is 51.7. The SMILES string of the molecule is CC(NCC(F)(F)C(F)F)c1nc2ccccc2n1C. The summed E-state index contributed by atoms with van der Waals surface area (Å²) in [5, 5.41) is 2.41. The maximum atomic E-state index is 12.9. The van der Waals surface area contributed by atoms with E-state index in [-0.39, 0.29) is 0 Å². The lowest BCUT2D eigenvalue weighted by molar-refractivity contribution is -0.126. The average Bonchev–Trinajstić information content (AvgIpc) is 2.74. The fraction of sp³-hybridized carbons (Fsp3) is 0.462. The Morgan fingerprint density at radius 3 is 2.55 bits per heavy atom. The Morgan fingerprint density at radius 1 is 1.30 bits per heavy atom. The van der Waals surface area contributed by atoms with Gasteiger partial charge in [-0.1, -0.05) is 12.1 Å². The molecule has 1 heterocycles. The standard InChI is InChI=1S/C13H15F4N3/c1-8(18-7-13(16,17)12(14)15)11-19-9-5-3-4-6-10(9)20(11)2/h3-6,8,12,18H,7H2,1-2H3. The Morgan fingerprint density at radius 2 is 1.95 bits per heavy atom. The van der Waals surface area contributed by atoms with Crippen LogP contribution in [0, 0.1) is 0 Å². The number of nitrogens with zero attached hydrogens (tertiary/aromatic N) is 2. The lowest BCUT2D eigenvalue weighted by atomic mass is 10.2. The first kappa shape index (κ1) is 14.8. The Balaban J connectivity index is 2.16. The fourth-order valence-corrected chi connectivity index (χ4v) is 2.01. The number of hydrogen-bond donors (Lipinski definition) is 1. The molecule has 1 N–H and O–H groups in total. The molecule has 0 aliphatic heterocycles. The lowest BCUT2D eigenvalue weighted by Crippen LogP contribution is -2.40. The highest BCUT2D eigenvalue weighted by Gasteiger charge is 2.40. The number of nitrogens with one attached hydrogen (secondary N) is 1. The molecule has 0 bridgehead atoms. The number of benzene rings is 1. The normalized spacial score (nSPS) is 14.2. The quantitative estimate of drug-likeness (QED) is 0.857. The number of alkyl halides is 4. The molecular weight excluding hydrogens is 274 g/mol. The minimum atomic E-state index is -4.04. The van der Waals surface area contributed by atoms with E-state index in [1.807, 2.05) is 18.2 Å². The van der Waals surface area contributed by atoms with Gasteiger partial charge in [0.15, 0.2) is 0 Å². The van der Waals surface area contributed by atoms with Crippen molar-refractivity contribution in [3.05, 3.63) is 30.1 Å². The molecule has 0 aliphatic carbocycles. The van der Waals surface area contributed by atoms with Gasteiger partial charge >= 0.3 is 12.3 Å². The van der Waals surface area contributed by atoms with Crippen LogP contribution in [0.4, 0.5) is 17.6 Å². The predicted molar refractivity (Wildman–Crippen MR) is 68.1 cm³/mol. The summed E-state index contributed by atoms with van der Waals surface area (Å²) in [5.74, 6) is -3.52. The van der Waals surface area contributed by atoms with Crippen LogP contribution in [0.25, 0.3) is 11.0 Å². The first-order valence-electron chi connectivity index (χ1n) is 6.13. The topological polar surface area (TPSA) is 29.9 Å².